The van der Waals surface area contributed by atoms with Gasteiger partial charge in [0.05, 0.1) is 6.26 Å². The summed E-state index contributed by atoms with van der Waals surface area (Å²) in [6, 6.07) is 9.24. The summed E-state index contributed by atoms with van der Waals surface area (Å²) in [5.74, 6) is -0.363. The molecule has 0 bridgehead atoms. The number of unbranched alkanes of at least 4 members (excludes halogenated alkanes) is 3. The fourth-order valence-corrected chi connectivity index (χ4v) is 5.58. The highest BCUT2D eigenvalue weighted by atomic mass is 32.2. The Morgan fingerprint density at radius 1 is 1.02 bits per heavy atom. The SMILES string of the molecule is CCCCc1c(OC(C)N(CCCC)CCCC)cc2c(c1C(=O)c1ccccc1)C(N(C)S(C)(=O)=O)C(=O)O2. The van der Waals surface area contributed by atoms with E-state index in [-0.39, 0.29) is 23.3 Å². The summed E-state index contributed by atoms with van der Waals surface area (Å²) < 4.78 is 38.3. The van der Waals surface area contributed by atoms with Crippen LogP contribution < -0.4 is 9.47 Å². The molecule has 9 heteroatoms. The zero-order chi connectivity index (χ0) is 29.4. The molecule has 0 fully saturated rings. The van der Waals surface area contributed by atoms with Crippen molar-refractivity contribution in [3.8, 4) is 11.5 Å². The summed E-state index contributed by atoms with van der Waals surface area (Å²) in [4.78, 5) is 29.6. The average molecular weight is 573 g/mol. The molecule has 0 saturated carbocycles. The number of benzene rings is 2. The second-order valence-electron chi connectivity index (χ2n) is 10.5. The summed E-state index contributed by atoms with van der Waals surface area (Å²) in [5.41, 5.74) is 1.70. The van der Waals surface area contributed by atoms with E-state index >= 15 is 0 Å². The van der Waals surface area contributed by atoms with E-state index in [0.29, 0.717) is 28.9 Å². The van der Waals surface area contributed by atoms with Gasteiger partial charge in [0, 0.05) is 48.5 Å². The fourth-order valence-electron chi connectivity index (χ4n) is 5.01. The van der Waals surface area contributed by atoms with Crippen molar-refractivity contribution in [3.63, 3.8) is 0 Å². The minimum atomic E-state index is -3.77. The number of fused-ring (bicyclic) bond motifs is 1. The summed E-state index contributed by atoms with van der Waals surface area (Å²) >= 11 is 0. The van der Waals surface area contributed by atoms with Crippen LogP contribution in [0.5, 0.6) is 11.5 Å². The number of nitrogens with zero attached hydrogens (tertiary/aromatic N) is 2. The smallest absolute Gasteiger partial charge is 0.334 e. The largest absolute Gasteiger partial charge is 0.475 e. The summed E-state index contributed by atoms with van der Waals surface area (Å²) in [6.45, 7) is 10.2. The number of hydrogen-bond acceptors (Lipinski definition) is 7. The van der Waals surface area contributed by atoms with Crippen molar-refractivity contribution in [2.45, 2.75) is 84.9 Å². The summed E-state index contributed by atoms with van der Waals surface area (Å²) in [6.07, 6.45) is 7.18. The minimum Gasteiger partial charge on any atom is -0.475 e. The molecule has 0 saturated heterocycles. The number of carbonyl (C=O) groups is 2. The monoisotopic (exact) mass is 572 g/mol. The van der Waals surface area contributed by atoms with Crippen molar-refractivity contribution in [2.24, 2.45) is 0 Å². The number of likely N-dealkylation sites (N-methyl/N-ethyl adjacent to an activating group) is 1. The molecule has 8 nitrogen and oxygen atoms in total. The quantitative estimate of drug-likeness (QED) is 0.110. The van der Waals surface area contributed by atoms with Crippen LogP contribution in [0.25, 0.3) is 0 Å². The molecule has 0 spiro atoms. The molecule has 3 rings (SSSR count). The lowest BCUT2D eigenvalue weighted by Gasteiger charge is -2.31. The van der Waals surface area contributed by atoms with Crippen LogP contribution >= 0.6 is 0 Å². The minimum absolute atomic E-state index is 0.167. The number of hydrogen-bond donors (Lipinski definition) is 0. The Kier molecular flexibility index (Phi) is 11.3. The first-order chi connectivity index (χ1) is 19.0. The van der Waals surface area contributed by atoms with Crippen LogP contribution in [0.4, 0.5) is 0 Å². The molecule has 40 heavy (non-hydrogen) atoms. The Balaban J connectivity index is 2.23. The molecule has 220 valence electrons. The number of esters is 1. The van der Waals surface area contributed by atoms with Gasteiger partial charge in [-0.1, -0.05) is 70.4 Å². The molecule has 1 heterocycles. The first kappa shape index (κ1) is 31.8. The fraction of sp³-hybridized carbons (Fsp3) is 0.548. The first-order valence-electron chi connectivity index (χ1n) is 14.4. The number of carbonyl (C=O) groups excluding carboxylic acids is 2. The van der Waals surface area contributed by atoms with E-state index in [9.17, 15) is 18.0 Å². The van der Waals surface area contributed by atoms with E-state index < -0.39 is 22.0 Å². The van der Waals surface area contributed by atoms with Crippen LogP contribution in [-0.4, -0.2) is 62.0 Å². The second kappa shape index (κ2) is 14.2. The lowest BCUT2D eigenvalue weighted by atomic mass is 9.87. The van der Waals surface area contributed by atoms with Crippen LogP contribution in [0.1, 0.15) is 99.3 Å². The van der Waals surface area contributed by atoms with Gasteiger partial charge >= 0.3 is 5.97 Å². The molecular formula is C31H44N2O6S. The second-order valence-corrected chi connectivity index (χ2v) is 12.5. The van der Waals surface area contributed by atoms with E-state index in [1.807, 2.05) is 13.0 Å². The number of ketones is 1. The molecule has 0 aliphatic carbocycles. The van der Waals surface area contributed by atoms with Gasteiger partial charge in [-0.25, -0.2) is 13.2 Å². The highest BCUT2D eigenvalue weighted by Gasteiger charge is 2.44. The van der Waals surface area contributed by atoms with Gasteiger partial charge in [0.1, 0.15) is 17.7 Å². The molecule has 2 aromatic carbocycles. The molecular weight excluding hydrogens is 528 g/mol. The Labute approximate surface area is 239 Å². The standard InChI is InChI=1S/C31H44N2O6S/c1-7-10-18-24-25(38-22(4)33(19-11-8-2)20-12-9-3)21-26-28(27(24)30(34)23-16-14-13-15-17-23)29(31(35)39-26)32(5)40(6,36)37/h13-17,21-22,29H,7-12,18-20H2,1-6H3. The first-order valence-corrected chi connectivity index (χ1v) is 16.2. The van der Waals surface area contributed by atoms with Crippen LogP contribution in [0, 0.1) is 0 Å². The summed E-state index contributed by atoms with van der Waals surface area (Å²) in [7, 11) is -2.44. The number of sulfonamides is 1. The Morgan fingerprint density at radius 3 is 2.17 bits per heavy atom. The van der Waals surface area contributed by atoms with Gasteiger partial charge in [0.2, 0.25) is 10.0 Å². The topological polar surface area (TPSA) is 93.2 Å². The maximum Gasteiger partial charge on any atom is 0.334 e. The van der Waals surface area contributed by atoms with Crippen LogP contribution in [0.3, 0.4) is 0 Å². The maximum absolute atomic E-state index is 14.2. The average Bonchev–Trinajstić information content (AvgIpc) is 3.25. The predicted molar refractivity (Wildman–Crippen MR) is 157 cm³/mol. The van der Waals surface area contributed by atoms with Crippen molar-refractivity contribution < 1.29 is 27.5 Å². The lowest BCUT2D eigenvalue weighted by Crippen LogP contribution is -2.39. The highest BCUT2D eigenvalue weighted by molar-refractivity contribution is 7.88. The Bertz CT molecular complexity index is 1270. The molecule has 0 radical (unpaired) electrons. The third-order valence-corrected chi connectivity index (χ3v) is 8.70. The van der Waals surface area contributed by atoms with Crippen molar-refractivity contribution in [3.05, 3.63) is 58.7 Å². The van der Waals surface area contributed by atoms with Crippen molar-refractivity contribution in [1.82, 2.24) is 9.21 Å². The van der Waals surface area contributed by atoms with Gasteiger partial charge in [0.15, 0.2) is 11.8 Å². The Hall–Kier alpha value is -2.75. The van der Waals surface area contributed by atoms with Gasteiger partial charge in [-0.05, 0) is 32.6 Å². The van der Waals surface area contributed by atoms with Crippen molar-refractivity contribution >= 4 is 21.8 Å². The van der Waals surface area contributed by atoms with Crippen molar-refractivity contribution in [1.29, 1.82) is 0 Å². The molecule has 0 aromatic heterocycles. The summed E-state index contributed by atoms with van der Waals surface area (Å²) in [5, 5.41) is 0. The lowest BCUT2D eigenvalue weighted by molar-refractivity contribution is -0.136. The molecule has 2 atom stereocenters. The predicted octanol–water partition coefficient (Wildman–Crippen LogP) is 5.74. The van der Waals surface area contributed by atoms with Gasteiger partial charge in [-0.15, -0.1) is 0 Å². The van der Waals surface area contributed by atoms with Crippen molar-refractivity contribution in [2.75, 3.05) is 26.4 Å². The van der Waals surface area contributed by atoms with Crippen LogP contribution in [-0.2, 0) is 21.2 Å². The van der Waals surface area contributed by atoms with Crippen LogP contribution in [0.2, 0.25) is 0 Å². The maximum atomic E-state index is 14.2. The van der Waals surface area contributed by atoms with Gasteiger partial charge in [0.25, 0.3) is 0 Å². The van der Waals surface area contributed by atoms with E-state index in [2.05, 4.69) is 25.7 Å². The molecule has 0 N–H and O–H groups in total. The van der Waals surface area contributed by atoms with E-state index in [4.69, 9.17) is 9.47 Å². The normalized spacial score (nSPS) is 15.8. The molecule has 2 aromatic rings. The Morgan fingerprint density at radius 2 is 1.62 bits per heavy atom. The van der Waals surface area contributed by atoms with Gasteiger partial charge < -0.3 is 9.47 Å². The van der Waals surface area contributed by atoms with E-state index in [1.54, 1.807) is 30.3 Å². The molecule has 1 aliphatic heterocycles. The van der Waals surface area contributed by atoms with Gasteiger partial charge in [-0.3, -0.25) is 9.69 Å². The zero-order valence-electron chi connectivity index (χ0n) is 24.7. The third kappa shape index (κ3) is 7.30. The zero-order valence-corrected chi connectivity index (χ0v) is 25.6. The highest BCUT2D eigenvalue weighted by Crippen LogP contribution is 2.46. The number of ether oxygens (including phenoxy) is 2. The molecule has 2 unspecified atom stereocenters. The third-order valence-electron chi connectivity index (χ3n) is 7.44. The van der Waals surface area contributed by atoms with Crippen LogP contribution in [0.15, 0.2) is 36.4 Å². The molecule has 0 amide bonds. The number of rotatable bonds is 16. The van der Waals surface area contributed by atoms with E-state index in [1.165, 1.54) is 7.05 Å². The van der Waals surface area contributed by atoms with E-state index in [0.717, 1.165) is 62.2 Å². The van der Waals surface area contributed by atoms with Gasteiger partial charge in [-0.2, -0.15) is 4.31 Å². The molecule has 1 aliphatic rings.